The van der Waals surface area contributed by atoms with Crippen LogP contribution in [0, 0.1) is 0 Å². The predicted molar refractivity (Wildman–Crippen MR) is 85.4 cm³/mol. The molecule has 7 heteroatoms. The number of carboxylic acid groups (broad SMARTS) is 1. The number of aliphatic carboxylic acids is 1. The molecule has 2 aromatic rings. The van der Waals surface area contributed by atoms with Gasteiger partial charge in [-0.2, -0.15) is 0 Å². The van der Waals surface area contributed by atoms with E-state index in [1.807, 2.05) is 50.2 Å². The lowest BCUT2D eigenvalue weighted by Crippen LogP contribution is -2.23. The number of carbonyl (C=O) groups is 1. The fourth-order valence-electron chi connectivity index (χ4n) is 1.73. The Hall–Kier alpha value is -2.28. The number of nitrogens with one attached hydrogen (secondary N) is 1. The van der Waals surface area contributed by atoms with Gasteiger partial charge in [-0.15, -0.1) is 5.10 Å². The number of nitrogens with zero attached hydrogens (tertiary/aromatic N) is 3. The zero-order valence-electron chi connectivity index (χ0n) is 12.7. The first kappa shape index (κ1) is 16.1. The van der Waals surface area contributed by atoms with E-state index in [0.717, 1.165) is 28.8 Å². The van der Waals surface area contributed by atoms with Crippen molar-refractivity contribution in [3.05, 3.63) is 40.6 Å². The summed E-state index contributed by atoms with van der Waals surface area (Å²) in [4.78, 5) is 17.5. The number of carbonyl (C=O) groups excluding carboxylic acids is 1. The molecule has 0 amide bonds. The van der Waals surface area contributed by atoms with Gasteiger partial charge >= 0.3 is 0 Å². The van der Waals surface area contributed by atoms with Crippen molar-refractivity contribution in [2.75, 3.05) is 19.0 Å². The van der Waals surface area contributed by atoms with Gasteiger partial charge in [-0.3, -0.25) is 5.10 Å². The molecule has 6 nitrogen and oxygen atoms in total. The third kappa shape index (κ3) is 4.11. The van der Waals surface area contributed by atoms with E-state index in [2.05, 4.69) is 15.2 Å². The van der Waals surface area contributed by atoms with Crippen LogP contribution in [0.25, 0.3) is 6.08 Å². The largest absolute Gasteiger partial charge is 0.544 e. The van der Waals surface area contributed by atoms with Crippen LogP contribution in [-0.4, -0.2) is 35.2 Å². The molecule has 1 aromatic heterocycles. The summed E-state index contributed by atoms with van der Waals surface area (Å²) in [5, 5.41) is 18.4. The third-order valence-electron chi connectivity index (χ3n) is 2.96. The zero-order valence-corrected chi connectivity index (χ0v) is 13.5. The van der Waals surface area contributed by atoms with E-state index in [9.17, 15) is 9.90 Å². The third-order valence-corrected chi connectivity index (χ3v) is 3.83. The van der Waals surface area contributed by atoms with Crippen LogP contribution in [0.2, 0.25) is 0 Å². The molecule has 1 N–H and O–H groups in total. The van der Waals surface area contributed by atoms with E-state index in [0.29, 0.717) is 11.6 Å². The Kier molecular flexibility index (Phi) is 5.21. The maximum atomic E-state index is 11.3. The SMILES string of the molecule is CCc1nc(S/C(=C/c2ccc(N(C)C)cc2)C(=O)[O-])n[nH]1. The van der Waals surface area contributed by atoms with Gasteiger partial charge in [-0.1, -0.05) is 19.1 Å². The van der Waals surface area contributed by atoms with Gasteiger partial charge in [0.15, 0.2) is 0 Å². The van der Waals surface area contributed by atoms with Gasteiger partial charge < -0.3 is 14.8 Å². The minimum absolute atomic E-state index is 0.0688. The van der Waals surface area contributed by atoms with Gasteiger partial charge in [-0.05, 0) is 35.5 Å². The van der Waals surface area contributed by atoms with Crippen molar-refractivity contribution in [3.63, 3.8) is 0 Å². The van der Waals surface area contributed by atoms with Crippen LogP contribution >= 0.6 is 11.8 Å². The second-order valence-corrected chi connectivity index (χ2v) is 5.81. The molecule has 0 atom stereocenters. The van der Waals surface area contributed by atoms with E-state index in [1.54, 1.807) is 6.08 Å². The van der Waals surface area contributed by atoms with Gasteiger partial charge in [0, 0.05) is 31.1 Å². The molecule has 0 radical (unpaired) electrons. The molecule has 0 aliphatic heterocycles. The van der Waals surface area contributed by atoms with Gasteiger partial charge in [0.05, 0.1) is 5.97 Å². The monoisotopic (exact) mass is 317 g/mol. The molecule has 0 fully saturated rings. The number of hydrogen-bond acceptors (Lipinski definition) is 6. The normalized spacial score (nSPS) is 11.5. The van der Waals surface area contributed by atoms with Gasteiger partial charge in [0.2, 0.25) is 5.16 Å². The number of aromatic amines is 1. The number of thioether (sulfide) groups is 1. The summed E-state index contributed by atoms with van der Waals surface area (Å²) in [6.45, 7) is 1.94. The quantitative estimate of drug-likeness (QED) is 0.639. The summed E-state index contributed by atoms with van der Waals surface area (Å²) in [6.07, 6.45) is 2.27. The summed E-state index contributed by atoms with van der Waals surface area (Å²) >= 11 is 0.974. The van der Waals surface area contributed by atoms with Crippen LogP contribution in [0.15, 0.2) is 34.3 Å². The highest BCUT2D eigenvalue weighted by molar-refractivity contribution is 8.04. The fourth-order valence-corrected chi connectivity index (χ4v) is 2.45. The maximum absolute atomic E-state index is 11.3. The van der Waals surface area contributed by atoms with Crippen LogP contribution in [0.3, 0.4) is 0 Å². The van der Waals surface area contributed by atoms with Crippen molar-refractivity contribution in [3.8, 4) is 0 Å². The molecule has 0 aliphatic carbocycles. The molecule has 1 heterocycles. The van der Waals surface area contributed by atoms with E-state index in [1.165, 1.54) is 0 Å². The molecular weight excluding hydrogens is 300 g/mol. The smallest absolute Gasteiger partial charge is 0.213 e. The predicted octanol–water partition coefficient (Wildman–Crippen LogP) is 1.32. The number of aromatic nitrogens is 3. The zero-order chi connectivity index (χ0) is 16.1. The lowest BCUT2D eigenvalue weighted by atomic mass is 10.2. The number of rotatable bonds is 6. The number of H-pyrrole nitrogens is 1. The topological polar surface area (TPSA) is 84.9 Å². The van der Waals surface area contributed by atoms with Gasteiger partial charge in [0.1, 0.15) is 5.82 Å². The molecule has 0 saturated heterocycles. The summed E-state index contributed by atoms with van der Waals surface area (Å²) in [5.74, 6) is -0.528. The Morgan fingerprint density at radius 3 is 2.55 bits per heavy atom. The maximum Gasteiger partial charge on any atom is 0.213 e. The number of anilines is 1. The van der Waals surface area contributed by atoms with Crippen LogP contribution in [0.1, 0.15) is 18.3 Å². The first-order valence-electron chi connectivity index (χ1n) is 6.79. The van der Waals surface area contributed by atoms with E-state index in [4.69, 9.17) is 0 Å². The molecule has 0 aliphatic rings. The van der Waals surface area contributed by atoms with Crippen LogP contribution in [0.5, 0.6) is 0 Å². The van der Waals surface area contributed by atoms with Crippen molar-refractivity contribution >= 4 is 29.5 Å². The molecule has 0 saturated carbocycles. The summed E-state index contributed by atoms with van der Waals surface area (Å²) in [7, 11) is 3.89. The average molecular weight is 317 g/mol. The Morgan fingerprint density at radius 1 is 1.36 bits per heavy atom. The van der Waals surface area contributed by atoms with Crippen molar-refractivity contribution in [1.29, 1.82) is 0 Å². The van der Waals surface area contributed by atoms with E-state index in [-0.39, 0.29) is 4.91 Å². The summed E-state index contributed by atoms with van der Waals surface area (Å²) < 4.78 is 0. The summed E-state index contributed by atoms with van der Waals surface area (Å²) in [5.41, 5.74) is 1.82. The van der Waals surface area contributed by atoms with Crippen LogP contribution in [-0.2, 0) is 11.2 Å². The Balaban J connectivity index is 2.21. The highest BCUT2D eigenvalue weighted by atomic mass is 32.2. The van der Waals surface area contributed by atoms with Gasteiger partial charge in [-0.25, -0.2) is 4.98 Å². The fraction of sp³-hybridized carbons (Fsp3) is 0.267. The Morgan fingerprint density at radius 2 is 2.05 bits per heavy atom. The molecular formula is C15H17N4O2S-. The molecule has 0 spiro atoms. The first-order valence-corrected chi connectivity index (χ1v) is 7.60. The van der Waals surface area contributed by atoms with Crippen LogP contribution in [0.4, 0.5) is 5.69 Å². The van der Waals surface area contributed by atoms with Crippen molar-refractivity contribution in [1.82, 2.24) is 15.2 Å². The lowest BCUT2D eigenvalue weighted by molar-refractivity contribution is -0.297. The Bertz CT molecular complexity index is 677. The highest BCUT2D eigenvalue weighted by Crippen LogP contribution is 2.25. The number of aryl methyl sites for hydroxylation is 1. The molecule has 116 valence electrons. The standard InChI is InChI=1S/C15H18N4O2S/c1-4-13-16-15(18-17-13)22-12(14(20)21)9-10-5-7-11(8-6-10)19(2)3/h5-9H,4H2,1-3H3,(H,20,21)(H,16,17,18)/p-1/b12-9+. The van der Waals surface area contributed by atoms with Crippen molar-refractivity contribution < 1.29 is 9.90 Å². The van der Waals surface area contributed by atoms with Crippen molar-refractivity contribution in [2.45, 2.75) is 18.5 Å². The molecule has 0 bridgehead atoms. The van der Waals surface area contributed by atoms with Crippen molar-refractivity contribution in [2.24, 2.45) is 0 Å². The first-order chi connectivity index (χ1) is 10.5. The number of hydrogen-bond donors (Lipinski definition) is 1. The molecule has 2 rings (SSSR count). The number of benzene rings is 1. The molecule has 0 unspecified atom stereocenters. The molecule has 22 heavy (non-hydrogen) atoms. The number of carboxylic acids is 1. The van der Waals surface area contributed by atoms with Crippen LogP contribution < -0.4 is 10.0 Å². The molecule has 1 aromatic carbocycles. The minimum Gasteiger partial charge on any atom is -0.544 e. The van der Waals surface area contributed by atoms with E-state index < -0.39 is 5.97 Å². The summed E-state index contributed by atoms with van der Waals surface area (Å²) in [6, 6.07) is 7.55. The second kappa shape index (κ2) is 7.13. The average Bonchev–Trinajstić information content (AvgIpc) is 2.94. The highest BCUT2D eigenvalue weighted by Gasteiger charge is 2.08. The minimum atomic E-state index is -1.25. The second-order valence-electron chi connectivity index (χ2n) is 4.80. The van der Waals surface area contributed by atoms with E-state index >= 15 is 0 Å². The Labute approximate surface area is 133 Å². The lowest BCUT2D eigenvalue weighted by Gasteiger charge is -2.12. The van der Waals surface area contributed by atoms with Gasteiger partial charge in [0.25, 0.3) is 0 Å².